The van der Waals surface area contributed by atoms with Gasteiger partial charge in [-0.2, -0.15) is 0 Å². The average Bonchev–Trinajstić information content (AvgIpc) is 3.08. The third kappa shape index (κ3) is 2.44. The summed E-state index contributed by atoms with van der Waals surface area (Å²) in [6, 6.07) is 8.27. The van der Waals surface area contributed by atoms with Crippen LogP contribution in [0.3, 0.4) is 0 Å². The second-order valence-corrected chi connectivity index (χ2v) is 5.90. The van der Waals surface area contributed by atoms with Gasteiger partial charge in [0.05, 0.1) is 0 Å². The van der Waals surface area contributed by atoms with Crippen LogP contribution in [0.1, 0.15) is 10.5 Å². The van der Waals surface area contributed by atoms with Gasteiger partial charge in [0.1, 0.15) is 17.0 Å². The number of hydrogen-bond acceptors (Lipinski definition) is 3. The molecule has 1 aromatic heterocycles. The van der Waals surface area contributed by atoms with Gasteiger partial charge < -0.3 is 10.2 Å². The zero-order valence-corrected chi connectivity index (χ0v) is 12.8. The molecule has 6 heteroatoms. The number of nitrogens with one attached hydrogen (secondary N) is 1. The molecule has 2 aliphatic heterocycles. The Morgan fingerprint density at radius 1 is 1.18 bits per heavy atom. The van der Waals surface area contributed by atoms with Crippen molar-refractivity contribution in [1.29, 1.82) is 0 Å². The molecule has 4 rings (SSSR count). The van der Waals surface area contributed by atoms with Crippen LogP contribution in [0.4, 0.5) is 4.39 Å². The number of benzene rings is 1. The summed E-state index contributed by atoms with van der Waals surface area (Å²) in [5, 5.41) is 4.07. The smallest absolute Gasteiger partial charge is 0.272 e. The van der Waals surface area contributed by atoms with Gasteiger partial charge in [-0.25, -0.2) is 9.37 Å². The molecule has 0 spiro atoms. The monoisotopic (exact) mass is 321 g/mol. The molecule has 1 amide bonds. The molecule has 22 heavy (non-hydrogen) atoms. The number of carbonyl (C=O) groups is 1. The molecule has 4 nitrogen and oxygen atoms in total. The van der Waals surface area contributed by atoms with Crippen molar-refractivity contribution in [1.82, 2.24) is 15.2 Å². The van der Waals surface area contributed by atoms with Crippen LogP contribution in [-0.2, 0) is 0 Å². The Morgan fingerprint density at radius 3 is 2.64 bits per heavy atom. The van der Waals surface area contributed by atoms with Crippen molar-refractivity contribution in [3.8, 4) is 0 Å². The molecule has 0 radical (unpaired) electrons. The highest BCUT2D eigenvalue weighted by Gasteiger charge is 2.38. The van der Waals surface area contributed by atoms with Gasteiger partial charge in [0, 0.05) is 31.6 Å². The molecule has 3 heterocycles. The molecule has 0 aliphatic carbocycles. The molecular weight excluding hydrogens is 305 g/mol. The Labute approximate surface area is 134 Å². The molecule has 0 saturated carbocycles. The van der Waals surface area contributed by atoms with E-state index in [-0.39, 0.29) is 29.6 Å². The lowest BCUT2D eigenvalue weighted by Crippen LogP contribution is -2.32. The van der Waals surface area contributed by atoms with Crippen molar-refractivity contribution in [2.24, 2.45) is 11.8 Å². The normalized spacial score (nSPS) is 23.4. The predicted molar refractivity (Wildman–Crippen MR) is 84.7 cm³/mol. The van der Waals surface area contributed by atoms with E-state index in [4.69, 9.17) is 0 Å². The number of carbonyl (C=O) groups excluding carboxylic acids is 1. The molecular formula is C16H17ClFN3O. The fourth-order valence-corrected chi connectivity index (χ4v) is 3.41. The van der Waals surface area contributed by atoms with E-state index in [1.807, 2.05) is 4.90 Å². The van der Waals surface area contributed by atoms with E-state index in [9.17, 15) is 9.18 Å². The molecule has 0 bridgehead atoms. The van der Waals surface area contributed by atoms with Crippen molar-refractivity contribution in [2.75, 3.05) is 26.2 Å². The van der Waals surface area contributed by atoms with Gasteiger partial charge in [0.2, 0.25) is 0 Å². The molecule has 1 N–H and O–H groups in total. The van der Waals surface area contributed by atoms with Crippen molar-refractivity contribution in [3.63, 3.8) is 0 Å². The Morgan fingerprint density at radius 2 is 1.91 bits per heavy atom. The number of amides is 1. The van der Waals surface area contributed by atoms with E-state index in [1.165, 1.54) is 6.07 Å². The summed E-state index contributed by atoms with van der Waals surface area (Å²) in [5.41, 5.74) is 0.602. The number of pyridine rings is 1. The number of aromatic nitrogens is 1. The maximum atomic E-state index is 13.8. The van der Waals surface area contributed by atoms with Gasteiger partial charge in [-0.15, -0.1) is 12.4 Å². The highest BCUT2D eigenvalue weighted by molar-refractivity contribution is 5.95. The fourth-order valence-electron chi connectivity index (χ4n) is 3.41. The summed E-state index contributed by atoms with van der Waals surface area (Å²) in [6.45, 7) is 3.50. The first-order valence-corrected chi connectivity index (χ1v) is 7.27. The van der Waals surface area contributed by atoms with Gasteiger partial charge in [-0.3, -0.25) is 4.79 Å². The van der Waals surface area contributed by atoms with Gasteiger partial charge in [-0.1, -0.05) is 18.2 Å². The van der Waals surface area contributed by atoms with Gasteiger partial charge in [0.25, 0.3) is 5.91 Å². The maximum Gasteiger partial charge on any atom is 0.272 e. The SMILES string of the molecule is Cl.O=C(c1ccc2cccc(F)c2n1)N1C[C@H]2CNC[C@H]2C1. The third-order valence-electron chi connectivity index (χ3n) is 4.57. The second-order valence-electron chi connectivity index (χ2n) is 5.90. The predicted octanol–water partition coefficient (Wildman–Crippen LogP) is 2.09. The zero-order valence-electron chi connectivity index (χ0n) is 12.0. The quantitative estimate of drug-likeness (QED) is 0.875. The summed E-state index contributed by atoms with van der Waals surface area (Å²) >= 11 is 0. The van der Waals surface area contributed by atoms with Gasteiger partial charge >= 0.3 is 0 Å². The van der Waals surface area contributed by atoms with Crippen LogP contribution >= 0.6 is 12.4 Å². The Kier molecular flexibility index (Phi) is 4.02. The first-order chi connectivity index (χ1) is 10.2. The molecule has 2 saturated heterocycles. The first-order valence-electron chi connectivity index (χ1n) is 7.27. The van der Waals surface area contributed by atoms with E-state index in [0.29, 0.717) is 22.9 Å². The topological polar surface area (TPSA) is 45.2 Å². The molecule has 2 aromatic rings. The maximum absolute atomic E-state index is 13.8. The van der Waals surface area contributed by atoms with E-state index < -0.39 is 0 Å². The standard InChI is InChI=1S/C16H16FN3O.ClH/c17-13-3-1-2-10-4-5-14(19-15(10)13)16(21)20-8-11-6-18-7-12(11)9-20;/h1-5,11-12,18H,6-9H2;1H/t11-,12+;. The summed E-state index contributed by atoms with van der Waals surface area (Å²) < 4.78 is 13.8. The van der Waals surface area contributed by atoms with Crippen LogP contribution in [0.2, 0.25) is 0 Å². The van der Waals surface area contributed by atoms with Crippen molar-refractivity contribution in [3.05, 3.63) is 41.8 Å². The lowest BCUT2D eigenvalue weighted by atomic mass is 10.0. The van der Waals surface area contributed by atoms with Crippen LogP contribution in [-0.4, -0.2) is 42.0 Å². The van der Waals surface area contributed by atoms with Crippen LogP contribution in [0.25, 0.3) is 10.9 Å². The summed E-state index contributed by atoms with van der Waals surface area (Å²) in [7, 11) is 0. The minimum absolute atomic E-state index is 0. The lowest BCUT2D eigenvalue weighted by Gasteiger charge is -2.17. The van der Waals surface area contributed by atoms with Crippen LogP contribution in [0.15, 0.2) is 30.3 Å². The minimum atomic E-state index is -0.385. The van der Waals surface area contributed by atoms with Gasteiger partial charge in [0.15, 0.2) is 0 Å². The van der Waals surface area contributed by atoms with Crippen molar-refractivity contribution >= 4 is 29.2 Å². The molecule has 2 fully saturated rings. The second kappa shape index (κ2) is 5.82. The Hall–Kier alpha value is -1.72. The van der Waals surface area contributed by atoms with Crippen molar-refractivity contribution in [2.45, 2.75) is 0 Å². The van der Waals surface area contributed by atoms with E-state index in [1.54, 1.807) is 24.3 Å². The average molecular weight is 322 g/mol. The summed E-state index contributed by atoms with van der Waals surface area (Å²) in [5.74, 6) is 0.622. The zero-order chi connectivity index (χ0) is 14.4. The highest BCUT2D eigenvalue weighted by atomic mass is 35.5. The Balaban J connectivity index is 0.00000144. The van der Waals surface area contributed by atoms with Crippen LogP contribution in [0.5, 0.6) is 0 Å². The number of para-hydroxylation sites is 1. The van der Waals surface area contributed by atoms with E-state index in [2.05, 4.69) is 10.3 Å². The molecule has 1 aromatic carbocycles. The number of hydrogen-bond donors (Lipinski definition) is 1. The number of likely N-dealkylation sites (tertiary alicyclic amines) is 1. The molecule has 2 aliphatic rings. The lowest BCUT2D eigenvalue weighted by molar-refractivity contribution is 0.0776. The number of fused-ring (bicyclic) bond motifs is 2. The van der Waals surface area contributed by atoms with Gasteiger partial charge in [-0.05, 0) is 24.0 Å². The number of nitrogens with zero attached hydrogens (tertiary/aromatic N) is 2. The number of halogens is 2. The van der Waals surface area contributed by atoms with Crippen molar-refractivity contribution < 1.29 is 9.18 Å². The fraction of sp³-hybridized carbons (Fsp3) is 0.375. The van der Waals surface area contributed by atoms with E-state index in [0.717, 1.165) is 26.2 Å². The highest BCUT2D eigenvalue weighted by Crippen LogP contribution is 2.27. The molecule has 116 valence electrons. The molecule has 2 atom stereocenters. The van der Waals surface area contributed by atoms with Crippen LogP contribution in [0, 0.1) is 17.7 Å². The third-order valence-corrected chi connectivity index (χ3v) is 4.57. The first kappa shape index (κ1) is 15.2. The summed E-state index contributed by atoms with van der Waals surface area (Å²) in [6.07, 6.45) is 0. The van der Waals surface area contributed by atoms with Crippen LogP contribution < -0.4 is 5.32 Å². The minimum Gasteiger partial charge on any atom is -0.337 e. The van der Waals surface area contributed by atoms with E-state index >= 15 is 0 Å². The number of rotatable bonds is 1. The largest absolute Gasteiger partial charge is 0.337 e. The Bertz CT molecular complexity index is 712. The summed E-state index contributed by atoms with van der Waals surface area (Å²) in [4.78, 5) is 18.6. The molecule has 0 unspecified atom stereocenters.